The molecule has 0 radical (unpaired) electrons. The molecule has 2 rings (SSSR count). The average Bonchev–Trinajstić information content (AvgIpc) is 2.97. The second-order valence-electron chi connectivity index (χ2n) is 5.24. The third kappa shape index (κ3) is 5.55. The summed E-state index contributed by atoms with van der Waals surface area (Å²) in [4.78, 5) is 4.41. The molecule has 0 saturated carbocycles. The monoisotopic (exact) mass is 465 g/mol. The molecule has 0 saturated heterocycles. The molecule has 27 heavy (non-hydrogen) atoms. The molecule has 0 aliphatic rings. The molecule has 8 nitrogen and oxygen atoms in total. The topological polar surface area (TPSA) is 113 Å². The minimum absolute atomic E-state index is 0.0287. The van der Waals surface area contributed by atoms with Gasteiger partial charge in [-0.1, -0.05) is 46.4 Å². The van der Waals surface area contributed by atoms with E-state index < -0.39 is 34.5 Å². The zero-order valence-electron chi connectivity index (χ0n) is 13.0. The van der Waals surface area contributed by atoms with Crippen LogP contribution in [0, 0.1) is 5.41 Å². The van der Waals surface area contributed by atoms with Crippen LogP contribution in [0.3, 0.4) is 0 Å². The van der Waals surface area contributed by atoms with Crippen LogP contribution in [-0.2, 0) is 12.7 Å². The van der Waals surface area contributed by atoms with Gasteiger partial charge in [-0.3, -0.25) is 0 Å². The molecule has 0 amide bonds. The number of hydrogen-bond donors (Lipinski definition) is 3. The van der Waals surface area contributed by atoms with Crippen molar-refractivity contribution in [2.45, 2.75) is 28.7 Å². The molecule has 0 fully saturated rings. The zero-order valence-corrected chi connectivity index (χ0v) is 16.0. The first kappa shape index (κ1) is 21.9. The smallest absolute Gasteiger partial charge is 0.367 e. The van der Waals surface area contributed by atoms with E-state index in [0.717, 1.165) is 0 Å². The van der Waals surface area contributed by atoms with Gasteiger partial charge in [0.15, 0.2) is 5.72 Å². The van der Waals surface area contributed by atoms with E-state index in [4.69, 9.17) is 51.8 Å². The number of hydrogen-bond acceptors (Lipinski definition) is 7. The van der Waals surface area contributed by atoms with Crippen molar-refractivity contribution in [1.82, 2.24) is 25.2 Å². The van der Waals surface area contributed by atoms with E-state index >= 15 is 0 Å². The van der Waals surface area contributed by atoms with Gasteiger partial charge in [0.1, 0.15) is 12.4 Å². The van der Waals surface area contributed by atoms with Crippen molar-refractivity contribution in [2.24, 2.45) is 0 Å². The molecule has 148 valence electrons. The molecule has 2 aromatic heterocycles. The normalized spacial score (nSPS) is 14.7. The molecule has 0 aromatic carbocycles. The Morgan fingerprint density at radius 1 is 1.30 bits per heavy atom. The number of tetrazole rings is 1. The van der Waals surface area contributed by atoms with Crippen LogP contribution < -0.4 is 5.32 Å². The van der Waals surface area contributed by atoms with Crippen LogP contribution in [0.1, 0.15) is 12.2 Å². The maximum Gasteiger partial charge on any atom is 0.455 e. The summed E-state index contributed by atoms with van der Waals surface area (Å²) in [6.45, 7) is -0.538. The van der Waals surface area contributed by atoms with Crippen LogP contribution >= 0.6 is 46.4 Å². The minimum Gasteiger partial charge on any atom is -0.367 e. The van der Waals surface area contributed by atoms with Crippen molar-refractivity contribution in [3.63, 3.8) is 0 Å². The van der Waals surface area contributed by atoms with Gasteiger partial charge in [0, 0.05) is 18.3 Å². The van der Waals surface area contributed by atoms with Gasteiger partial charge in [-0.05, 0) is 17.3 Å². The predicted molar refractivity (Wildman–Crippen MR) is 93.3 cm³/mol. The van der Waals surface area contributed by atoms with Crippen molar-refractivity contribution in [1.29, 1.82) is 5.41 Å². The number of halogens is 7. The molecule has 2 aromatic rings. The van der Waals surface area contributed by atoms with E-state index in [1.54, 1.807) is 0 Å². The number of alkyl halides is 6. The van der Waals surface area contributed by atoms with E-state index in [9.17, 15) is 18.3 Å². The number of pyridine rings is 1. The van der Waals surface area contributed by atoms with Crippen molar-refractivity contribution in [3.05, 3.63) is 29.2 Å². The Morgan fingerprint density at radius 3 is 2.48 bits per heavy atom. The highest BCUT2D eigenvalue weighted by Crippen LogP contribution is 2.41. The summed E-state index contributed by atoms with van der Waals surface area (Å²) < 4.78 is 35.1. The summed E-state index contributed by atoms with van der Waals surface area (Å²) in [6.07, 6.45) is -4.05. The first-order chi connectivity index (χ1) is 12.3. The first-order valence-electron chi connectivity index (χ1n) is 6.91. The lowest BCUT2D eigenvalue weighted by Gasteiger charge is -2.36. The summed E-state index contributed by atoms with van der Waals surface area (Å²) in [5.41, 5.74) is -2.73. The van der Waals surface area contributed by atoms with Crippen LogP contribution in [-0.4, -0.2) is 45.5 Å². The fourth-order valence-electron chi connectivity index (χ4n) is 1.85. The van der Waals surface area contributed by atoms with Crippen LogP contribution in [0.25, 0.3) is 0 Å². The molecule has 15 heteroatoms. The van der Waals surface area contributed by atoms with Crippen molar-refractivity contribution < 1.29 is 18.3 Å². The lowest BCUT2D eigenvalue weighted by Crippen LogP contribution is -2.52. The third-order valence-electron chi connectivity index (χ3n) is 3.06. The number of aromatic nitrogens is 5. The summed E-state index contributed by atoms with van der Waals surface area (Å²) in [6, 6.07) is 2.98. The van der Waals surface area contributed by atoms with E-state index in [1.165, 1.54) is 18.3 Å². The standard InChI is InChI=1S/C12H10Cl4F3N7O/c13-7-2-1-3-21-8(7)22-10(27,12(14,15)16)4-6(20)5-26-24-9(23-25-26)11(17,18)19/h1-3,20,27H,4-5H2,(H,21,22). The summed E-state index contributed by atoms with van der Waals surface area (Å²) in [5, 5.41) is 30.3. The number of nitrogens with one attached hydrogen (secondary N) is 2. The quantitative estimate of drug-likeness (QED) is 0.342. The lowest BCUT2D eigenvalue weighted by molar-refractivity contribution is -0.145. The van der Waals surface area contributed by atoms with Gasteiger partial charge in [0.2, 0.25) is 3.79 Å². The van der Waals surface area contributed by atoms with Gasteiger partial charge in [-0.15, -0.1) is 10.2 Å². The second-order valence-corrected chi connectivity index (χ2v) is 7.93. The average molecular weight is 467 g/mol. The number of rotatable bonds is 6. The SMILES string of the molecule is N=C(Cn1nnc(C(F)(F)F)n1)CC(O)(Nc1ncccc1Cl)C(Cl)(Cl)Cl. The Balaban J connectivity index is 2.17. The fourth-order valence-corrected chi connectivity index (χ4v) is 2.36. The number of aliphatic hydroxyl groups is 1. The van der Waals surface area contributed by atoms with E-state index in [0.29, 0.717) is 4.80 Å². The molecule has 0 spiro atoms. The molecular formula is C12H10Cl4F3N7O. The van der Waals surface area contributed by atoms with Crippen LogP contribution in [0.4, 0.5) is 19.0 Å². The highest BCUT2D eigenvalue weighted by Gasteiger charge is 2.48. The second kappa shape index (κ2) is 7.92. The van der Waals surface area contributed by atoms with Crippen molar-refractivity contribution in [3.8, 4) is 0 Å². The van der Waals surface area contributed by atoms with Gasteiger partial charge >= 0.3 is 6.18 Å². The van der Waals surface area contributed by atoms with Gasteiger partial charge < -0.3 is 15.8 Å². The fraction of sp³-hybridized carbons (Fsp3) is 0.417. The molecule has 3 N–H and O–H groups in total. The Bertz CT molecular complexity index is 826. The molecular weight excluding hydrogens is 457 g/mol. The summed E-state index contributed by atoms with van der Waals surface area (Å²) in [7, 11) is 0. The van der Waals surface area contributed by atoms with Gasteiger partial charge in [-0.25, -0.2) is 4.98 Å². The van der Waals surface area contributed by atoms with E-state index in [-0.39, 0.29) is 16.6 Å². The predicted octanol–water partition coefficient (Wildman–Crippen LogP) is 3.32. The van der Waals surface area contributed by atoms with Crippen molar-refractivity contribution >= 4 is 57.9 Å². The van der Waals surface area contributed by atoms with Gasteiger partial charge in [0.05, 0.1) is 5.02 Å². The molecule has 0 aliphatic heterocycles. The molecule has 1 unspecified atom stereocenters. The Kier molecular flexibility index (Phi) is 6.42. The number of nitrogens with zero attached hydrogens (tertiary/aromatic N) is 5. The minimum atomic E-state index is -4.78. The zero-order chi connectivity index (χ0) is 20.5. The largest absolute Gasteiger partial charge is 0.455 e. The van der Waals surface area contributed by atoms with Crippen LogP contribution in [0.5, 0.6) is 0 Å². The molecule has 2 heterocycles. The van der Waals surface area contributed by atoms with E-state index in [2.05, 4.69) is 25.7 Å². The van der Waals surface area contributed by atoms with E-state index in [1.807, 2.05) is 0 Å². The Labute approximate surface area is 170 Å². The maximum absolute atomic E-state index is 12.5. The molecule has 0 aliphatic carbocycles. The maximum atomic E-state index is 12.5. The van der Waals surface area contributed by atoms with Gasteiger partial charge in [-0.2, -0.15) is 18.0 Å². The number of anilines is 1. The van der Waals surface area contributed by atoms with Crippen LogP contribution in [0.2, 0.25) is 5.02 Å². The Morgan fingerprint density at radius 2 is 1.96 bits per heavy atom. The van der Waals surface area contributed by atoms with Crippen LogP contribution in [0.15, 0.2) is 18.3 Å². The highest BCUT2D eigenvalue weighted by atomic mass is 35.6. The van der Waals surface area contributed by atoms with Gasteiger partial charge in [0.25, 0.3) is 5.82 Å². The summed E-state index contributed by atoms with van der Waals surface area (Å²) in [5.74, 6) is -1.50. The third-order valence-corrected chi connectivity index (χ3v) is 4.30. The summed E-state index contributed by atoms with van der Waals surface area (Å²) >= 11 is 23.4. The lowest BCUT2D eigenvalue weighted by atomic mass is 10.1. The molecule has 0 bridgehead atoms. The Hall–Kier alpha value is -1.40. The van der Waals surface area contributed by atoms with Crippen molar-refractivity contribution in [2.75, 3.05) is 5.32 Å². The highest BCUT2D eigenvalue weighted by molar-refractivity contribution is 6.68. The molecule has 1 atom stereocenters. The first-order valence-corrected chi connectivity index (χ1v) is 8.42.